The minimum atomic E-state index is -3.63. The third-order valence-electron chi connectivity index (χ3n) is 6.30. The number of nitrogens with one attached hydrogen (secondary N) is 1. The first-order valence-corrected chi connectivity index (χ1v) is 14.9. The number of amides is 1. The van der Waals surface area contributed by atoms with E-state index >= 15 is 0 Å². The molecule has 1 aliphatic rings. The largest absolute Gasteiger partial charge is 0.379 e. The zero-order valence-corrected chi connectivity index (χ0v) is 23.4. The number of carbonyl (C=O) groups excluding carboxylic acids is 1. The molecule has 39 heavy (non-hydrogen) atoms. The van der Waals surface area contributed by atoms with Crippen LogP contribution in [-0.2, 0) is 19.6 Å². The standard InChI is InChI=1S/C27H25ClN4O5S2/c1-18-22(28)6-4-8-24(18)32-26(34)21-5-2-3-7-23(21)30-27(32)38-17-25(33)29-19-9-11-20(12-10-19)39(35,36)31-13-15-37-16-14-31/h2-12H,13-17H2,1H3,(H,29,33). The van der Waals surface area contributed by atoms with Gasteiger partial charge in [0.15, 0.2) is 5.16 Å². The quantitative estimate of drug-likeness (QED) is 0.257. The van der Waals surface area contributed by atoms with Crippen LogP contribution in [0.3, 0.4) is 0 Å². The van der Waals surface area contributed by atoms with E-state index in [1.54, 1.807) is 54.6 Å². The van der Waals surface area contributed by atoms with Crippen molar-refractivity contribution < 1.29 is 17.9 Å². The van der Waals surface area contributed by atoms with Crippen molar-refractivity contribution >= 4 is 55.9 Å². The van der Waals surface area contributed by atoms with Gasteiger partial charge in [0.2, 0.25) is 15.9 Å². The fourth-order valence-electron chi connectivity index (χ4n) is 4.23. The maximum Gasteiger partial charge on any atom is 0.266 e. The van der Waals surface area contributed by atoms with Crippen molar-refractivity contribution in [2.75, 3.05) is 37.4 Å². The van der Waals surface area contributed by atoms with E-state index in [1.165, 1.54) is 21.0 Å². The van der Waals surface area contributed by atoms with Gasteiger partial charge in [-0.1, -0.05) is 41.6 Å². The number of nitrogens with zero attached hydrogens (tertiary/aromatic N) is 3. The fourth-order valence-corrected chi connectivity index (χ4v) is 6.62. The number of rotatable bonds is 7. The topological polar surface area (TPSA) is 111 Å². The summed E-state index contributed by atoms with van der Waals surface area (Å²) in [6.07, 6.45) is 0. The molecule has 1 fully saturated rings. The van der Waals surface area contributed by atoms with E-state index in [4.69, 9.17) is 16.3 Å². The summed E-state index contributed by atoms with van der Waals surface area (Å²) in [5.74, 6) is -0.362. The molecule has 3 aromatic carbocycles. The third kappa shape index (κ3) is 5.73. The smallest absolute Gasteiger partial charge is 0.266 e. The average molecular weight is 585 g/mol. The Morgan fingerprint density at radius 2 is 1.77 bits per heavy atom. The van der Waals surface area contributed by atoms with Crippen molar-refractivity contribution in [2.24, 2.45) is 0 Å². The highest BCUT2D eigenvalue weighted by Gasteiger charge is 2.26. The number of fused-ring (bicyclic) bond motifs is 1. The van der Waals surface area contributed by atoms with Gasteiger partial charge in [-0.25, -0.2) is 13.4 Å². The van der Waals surface area contributed by atoms with Gasteiger partial charge in [-0.2, -0.15) is 4.31 Å². The van der Waals surface area contributed by atoms with Crippen molar-refractivity contribution in [3.8, 4) is 5.69 Å². The second kappa shape index (κ2) is 11.5. The second-order valence-electron chi connectivity index (χ2n) is 8.81. The van der Waals surface area contributed by atoms with E-state index in [0.717, 1.165) is 17.3 Å². The zero-order chi connectivity index (χ0) is 27.6. The van der Waals surface area contributed by atoms with E-state index in [0.29, 0.717) is 58.8 Å². The molecule has 1 saturated heterocycles. The molecule has 1 aromatic heterocycles. The SMILES string of the molecule is Cc1c(Cl)cccc1-n1c(SCC(=O)Nc2ccc(S(=O)(=O)N3CCOCC3)cc2)nc2ccccc2c1=O. The molecule has 0 aliphatic carbocycles. The van der Waals surface area contributed by atoms with E-state index < -0.39 is 10.0 Å². The summed E-state index contributed by atoms with van der Waals surface area (Å²) in [7, 11) is -3.63. The number of hydrogen-bond acceptors (Lipinski definition) is 7. The third-order valence-corrected chi connectivity index (χ3v) is 9.56. The number of morpholine rings is 1. The summed E-state index contributed by atoms with van der Waals surface area (Å²) in [5, 5.41) is 4.10. The highest BCUT2D eigenvalue weighted by Crippen LogP contribution is 2.27. The number of halogens is 1. The minimum Gasteiger partial charge on any atom is -0.379 e. The summed E-state index contributed by atoms with van der Waals surface area (Å²) in [6.45, 7) is 3.16. The van der Waals surface area contributed by atoms with Gasteiger partial charge in [0.05, 0.1) is 40.5 Å². The Hall–Kier alpha value is -3.22. The van der Waals surface area contributed by atoms with E-state index in [9.17, 15) is 18.0 Å². The Morgan fingerprint density at radius 3 is 2.51 bits per heavy atom. The highest BCUT2D eigenvalue weighted by molar-refractivity contribution is 7.99. The van der Waals surface area contributed by atoms with Crippen molar-refractivity contribution in [3.05, 3.63) is 87.7 Å². The Morgan fingerprint density at radius 1 is 1.05 bits per heavy atom. The van der Waals surface area contributed by atoms with Crippen LogP contribution in [0, 0.1) is 6.92 Å². The summed E-state index contributed by atoms with van der Waals surface area (Å²) in [5.41, 5.74) is 2.03. The van der Waals surface area contributed by atoms with Gasteiger partial charge in [0, 0.05) is 23.8 Å². The lowest BCUT2D eigenvalue weighted by molar-refractivity contribution is -0.113. The summed E-state index contributed by atoms with van der Waals surface area (Å²) < 4.78 is 33.8. The van der Waals surface area contributed by atoms with Gasteiger partial charge >= 0.3 is 0 Å². The zero-order valence-electron chi connectivity index (χ0n) is 21.0. The summed E-state index contributed by atoms with van der Waals surface area (Å²) in [4.78, 5) is 31.1. The van der Waals surface area contributed by atoms with Crippen LogP contribution in [0.1, 0.15) is 5.56 Å². The molecule has 1 aliphatic heterocycles. The van der Waals surface area contributed by atoms with Crippen LogP contribution in [0.15, 0.2) is 81.6 Å². The maximum absolute atomic E-state index is 13.5. The number of sulfonamides is 1. The van der Waals surface area contributed by atoms with Gasteiger partial charge in [-0.15, -0.1) is 0 Å². The molecule has 5 rings (SSSR count). The number of para-hydroxylation sites is 1. The molecule has 0 unspecified atom stereocenters. The number of thioether (sulfide) groups is 1. The molecule has 0 radical (unpaired) electrons. The fraction of sp³-hybridized carbons (Fsp3) is 0.222. The number of hydrogen-bond donors (Lipinski definition) is 1. The van der Waals surface area contributed by atoms with E-state index in [1.807, 2.05) is 6.92 Å². The van der Waals surface area contributed by atoms with Crippen molar-refractivity contribution in [1.29, 1.82) is 0 Å². The second-order valence-corrected chi connectivity index (χ2v) is 12.1. The molecule has 202 valence electrons. The number of aromatic nitrogens is 2. The molecular weight excluding hydrogens is 560 g/mol. The molecule has 1 N–H and O–H groups in total. The molecule has 0 atom stereocenters. The van der Waals surface area contributed by atoms with Crippen LogP contribution < -0.4 is 10.9 Å². The molecular formula is C27H25ClN4O5S2. The lowest BCUT2D eigenvalue weighted by Gasteiger charge is -2.26. The Kier molecular flexibility index (Phi) is 8.06. The van der Waals surface area contributed by atoms with Crippen LogP contribution in [0.25, 0.3) is 16.6 Å². The van der Waals surface area contributed by atoms with Gasteiger partial charge in [0.1, 0.15) is 0 Å². The molecule has 1 amide bonds. The molecule has 2 heterocycles. The first-order valence-electron chi connectivity index (χ1n) is 12.1. The first kappa shape index (κ1) is 27.4. The van der Waals surface area contributed by atoms with E-state index in [-0.39, 0.29) is 22.1 Å². The monoisotopic (exact) mass is 584 g/mol. The number of anilines is 1. The van der Waals surface area contributed by atoms with Crippen molar-refractivity contribution in [1.82, 2.24) is 13.9 Å². The highest BCUT2D eigenvalue weighted by atomic mass is 35.5. The van der Waals surface area contributed by atoms with Crippen LogP contribution in [0.4, 0.5) is 5.69 Å². The van der Waals surface area contributed by atoms with Crippen LogP contribution in [-0.4, -0.2) is 60.2 Å². The Labute approximate surface area is 234 Å². The molecule has 12 heteroatoms. The van der Waals surface area contributed by atoms with Crippen LogP contribution in [0.2, 0.25) is 5.02 Å². The number of carbonyl (C=O) groups is 1. The normalized spacial score (nSPS) is 14.4. The van der Waals surface area contributed by atoms with Crippen molar-refractivity contribution in [2.45, 2.75) is 17.0 Å². The molecule has 0 saturated carbocycles. The molecule has 0 spiro atoms. The van der Waals surface area contributed by atoms with Gasteiger partial charge in [0.25, 0.3) is 5.56 Å². The molecule has 0 bridgehead atoms. The minimum absolute atomic E-state index is 0.0295. The van der Waals surface area contributed by atoms with Crippen LogP contribution >= 0.6 is 23.4 Å². The van der Waals surface area contributed by atoms with E-state index in [2.05, 4.69) is 10.3 Å². The predicted molar refractivity (Wildman–Crippen MR) is 152 cm³/mol. The predicted octanol–water partition coefficient (Wildman–Crippen LogP) is 4.10. The Balaban J connectivity index is 1.35. The van der Waals surface area contributed by atoms with Gasteiger partial charge in [-0.05, 0) is 61.0 Å². The lowest BCUT2D eigenvalue weighted by atomic mass is 10.2. The number of ether oxygens (including phenoxy) is 1. The lowest BCUT2D eigenvalue weighted by Crippen LogP contribution is -2.40. The molecule has 9 nitrogen and oxygen atoms in total. The summed E-state index contributed by atoms with van der Waals surface area (Å²) in [6, 6.07) is 18.4. The van der Waals surface area contributed by atoms with Crippen LogP contribution in [0.5, 0.6) is 0 Å². The summed E-state index contributed by atoms with van der Waals surface area (Å²) >= 11 is 7.46. The maximum atomic E-state index is 13.5. The van der Waals surface area contributed by atoms with Crippen molar-refractivity contribution in [3.63, 3.8) is 0 Å². The average Bonchev–Trinajstić information content (AvgIpc) is 2.95. The molecule has 4 aromatic rings. The number of benzene rings is 3. The van der Waals surface area contributed by atoms with Gasteiger partial charge in [-0.3, -0.25) is 14.2 Å². The Bertz CT molecular complexity index is 1700. The van der Waals surface area contributed by atoms with Gasteiger partial charge < -0.3 is 10.1 Å². The first-order chi connectivity index (χ1) is 18.8.